The fourth-order valence-corrected chi connectivity index (χ4v) is 11.0. The molecular formula is C55H49N. The lowest BCUT2D eigenvalue weighted by Gasteiger charge is -2.34. The maximum absolute atomic E-state index is 9.90. The van der Waals surface area contributed by atoms with Crippen LogP contribution in [0.25, 0.3) is 33.4 Å². The minimum Gasteiger partial charge on any atom is -0.310 e. The molecule has 1 atom stereocenters. The van der Waals surface area contributed by atoms with Crippen LogP contribution in [0.2, 0.25) is 0 Å². The van der Waals surface area contributed by atoms with Gasteiger partial charge < -0.3 is 4.90 Å². The number of nitrogens with zero attached hydrogens (tertiary/aromatic N) is 1. The summed E-state index contributed by atoms with van der Waals surface area (Å²) in [7, 11) is 0. The molecule has 56 heavy (non-hydrogen) atoms. The number of anilines is 3. The van der Waals surface area contributed by atoms with E-state index in [0.29, 0.717) is 0 Å². The second-order valence-corrected chi connectivity index (χ2v) is 18.1. The molecule has 4 aliphatic rings. The lowest BCUT2D eigenvalue weighted by atomic mass is 9.69. The summed E-state index contributed by atoms with van der Waals surface area (Å²) in [6, 6.07) is 57.6. The Morgan fingerprint density at radius 1 is 0.500 bits per heavy atom. The lowest BCUT2D eigenvalue weighted by Crippen LogP contribution is -2.27. The Morgan fingerprint density at radius 3 is 1.59 bits per heavy atom. The van der Waals surface area contributed by atoms with Gasteiger partial charge in [0.25, 0.3) is 0 Å². The van der Waals surface area contributed by atoms with E-state index in [1.165, 1.54) is 72.3 Å². The van der Waals surface area contributed by atoms with E-state index in [-0.39, 0.29) is 10.8 Å². The zero-order chi connectivity index (χ0) is 38.9. The number of para-hydroxylation sites is 1. The third kappa shape index (κ3) is 4.55. The smallest absolute Gasteiger partial charge is 0.0726 e. The highest BCUT2D eigenvalue weighted by molar-refractivity contribution is 5.97. The van der Waals surface area contributed by atoms with Gasteiger partial charge in [-0.05, 0) is 132 Å². The predicted octanol–water partition coefficient (Wildman–Crippen LogP) is 14.8. The zero-order valence-electron chi connectivity index (χ0n) is 34.2. The van der Waals surface area contributed by atoms with E-state index in [1.807, 2.05) is 0 Å². The highest BCUT2D eigenvalue weighted by atomic mass is 15.1. The molecule has 0 aromatic heterocycles. The third-order valence-electron chi connectivity index (χ3n) is 13.8. The topological polar surface area (TPSA) is 3.24 Å². The van der Waals surface area contributed by atoms with Gasteiger partial charge >= 0.3 is 0 Å². The molecule has 7 aromatic carbocycles. The number of fused-ring (bicyclic) bond motifs is 13. The molecule has 1 spiro atoms. The van der Waals surface area contributed by atoms with Gasteiger partial charge in [-0.15, -0.1) is 0 Å². The Labute approximate surface area is 334 Å². The second kappa shape index (κ2) is 11.9. The van der Waals surface area contributed by atoms with Crippen molar-refractivity contribution in [2.24, 2.45) is 0 Å². The van der Waals surface area contributed by atoms with E-state index in [4.69, 9.17) is 0 Å². The molecule has 1 saturated carbocycles. The van der Waals surface area contributed by atoms with E-state index >= 15 is 0 Å². The first-order valence-electron chi connectivity index (χ1n) is 21.2. The molecule has 0 bridgehead atoms. The first-order valence-corrected chi connectivity index (χ1v) is 20.7. The fourth-order valence-electron chi connectivity index (χ4n) is 11.0. The lowest BCUT2D eigenvalue weighted by molar-refractivity contribution is 0.588. The second-order valence-electron chi connectivity index (χ2n) is 18.1. The summed E-state index contributed by atoms with van der Waals surface area (Å²) in [6.07, 6.45) is 3.96. The van der Waals surface area contributed by atoms with E-state index in [9.17, 15) is 1.37 Å². The van der Waals surface area contributed by atoms with Crippen LogP contribution in [0.1, 0.15) is 112 Å². The van der Waals surface area contributed by atoms with Crippen molar-refractivity contribution < 1.29 is 1.37 Å². The van der Waals surface area contributed by atoms with Crippen LogP contribution in [-0.2, 0) is 16.2 Å². The van der Waals surface area contributed by atoms with E-state index in [2.05, 4.69) is 191 Å². The van der Waals surface area contributed by atoms with Crippen LogP contribution in [0.3, 0.4) is 0 Å². The van der Waals surface area contributed by atoms with E-state index < -0.39 is 11.3 Å². The van der Waals surface area contributed by atoms with Crippen LogP contribution in [-0.4, -0.2) is 0 Å². The molecule has 0 saturated heterocycles. The van der Waals surface area contributed by atoms with Crippen LogP contribution in [0.5, 0.6) is 0 Å². The van der Waals surface area contributed by atoms with E-state index in [0.717, 1.165) is 48.3 Å². The first-order chi connectivity index (χ1) is 27.5. The van der Waals surface area contributed by atoms with Crippen molar-refractivity contribution in [3.63, 3.8) is 0 Å². The highest BCUT2D eigenvalue weighted by Gasteiger charge is 2.52. The maximum Gasteiger partial charge on any atom is 0.0726 e. The molecule has 274 valence electrons. The van der Waals surface area contributed by atoms with Gasteiger partial charge in [0, 0.05) is 23.8 Å². The highest BCUT2D eigenvalue weighted by Crippen LogP contribution is 2.64. The Balaban J connectivity index is 1.20. The van der Waals surface area contributed by atoms with Crippen LogP contribution < -0.4 is 4.90 Å². The molecule has 0 N–H and O–H groups in total. The van der Waals surface area contributed by atoms with Gasteiger partial charge in [0.2, 0.25) is 0 Å². The van der Waals surface area contributed by atoms with Crippen LogP contribution >= 0.6 is 0 Å². The minimum absolute atomic E-state index is 0.00175. The zero-order valence-corrected chi connectivity index (χ0v) is 33.2. The van der Waals surface area contributed by atoms with Crippen molar-refractivity contribution in [2.75, 3.05) is 4.90 Å². The van der Waals surface area contributed by atoms with Gasteiger partial charge in [-0.2, -0.15) is 0 Å². The van der Waals surface area contributed by atoms with Gasteiger partial charge in [0.1, 0.15) is 0 Å². The van der Waals surface area contributed by atoms with Gasteiger partial charge in [0.15, 0.2) is 0 Å². The molecule has 7 aromatic rings. The van der Waals surface area contributed by atoms with Gasteiger partial charge in [0.05, 0.1) is 5.41 Å². The average Bonchev–Trinajstić information content (AvgIpc) is 3.94. The normalized spacial score (nSPS) is 19.1. The van der Waals surface area contributed by atoms with Crippen molar-refractivity contribution in [1.82, 2.24) is 0 Å². The fraction of sp³-hybridized carbons (Fsp3) is 0.236. The summed E-state index contributed by atoms with van der Waals surface area (Å²) in [6.45, 7) is 11.7. The van der Waals surface area contributed by atoms with Crippen LogP contribution in [0.4, 0.5) is 17.1 Å². The Morgan fingerprint density at radius 2 is 0.964 bits per heavy atom. The summed E-state index contributed by atoms with van der Waals surface area (Å²) >= 11 is 0. The molecule has 1 fully saturated rings. The van der Waals surface area contributed by atoms with Gasteiger partial charge in [-0.1, -0.05) is 169 Å². The van der Waals surface area contributed by atoms with Crippen molar-refractivity contribution in [3.8, 4) is 33.4 Å². The molecule has 11 rings (SSSR count). The van der Waals surface area contributed by atoms with Gasteiger partial charge in [-0.3, -0.25) is 0 Å². The van der Waals surface area contributed by atoms with Crippen LogP contribution in [0, 0.1) is 0 Å². The molecule has 0 radical (unpaired) electrons. The standard InChI is InChI=1S/C55H49N/c1-53(2,3)36-26-29-44-41-20-9-13-23-47(41)55(50(44)32-36)48-24-14-10-21-42(48)45-31-28-38(34-51(45)55)56(52-25-15-11-18-39(52)35-16-6-7-17-35)37-27-30-43-40-19-8-12-22-46(40)54(4,5)49(43)33-37/h8-15,18-35H,6-7,16-17H2,1-5H3/i35D. The largest absolute Gasteiger partial charge is 0.310 e. The number of hydrogen-bond donors (Lipinski definition) is 0. The average molecular weight is 725 g/mol. The minimum atomic E-state index is -0.623. The summed E-state index contributed by atoms with van der Waals surface area (Å²) < 4.78 is 9.90. The summed E-state index contributed by atoms with van der Waals surface area (Å²) in [5, 5.41) is 0. The summed E-state index contributed by atoms with van der Waals surface area (Å²) in [4.78, 5) is 2.49. The first kappa shape index (κ1) is 32.6. The third-order valence-corrected chi connectivity index (χ3v) is 13.8. The summed E-state index contributed by atoms with van der Waals surface area (Å²) in [5.41, 5.74) is 21.3. The number of hydrogen-bond acceptors (Lipinski definition) is 1. The van der Waals surface area contributed by atoms with Crippen LogP contribution in [0.15, 0.2) is 152 Å². The maximum atomic E-state index is 9.90. The molecule has 1 heteroatoms. The Hall–Kier alpha value is -5.66. The molecule has 0 heterocycles. The monoisotopic (exact) mass is 724 g/mol. The predicted molar refractivity (Wildman–Crippen MR) is 235 cm³/mol. The Kier molecular flexibility index (Phi) is 6.93. The van der Waals surface area contributed by atoms with Crippen molar-refractivity contribution >= 4 is 17.1 Å². The van der Waals surface area contributed by atoms with Crippen molar-refractivity contribution in [2.45, 2.75) is 82.4 Å². The van der Waals surface area contributed by atoms with Gasteiger partial charge in [-0.25, -0.2) is 0 Å². The summed E-state index contributed by atoms with van der Waals surface area (Å²) in [5.74, 6) is -0.623. The molecule has 1 nitrogen and oxygen atoms in total. The quantitative estimate of drug-likeness (QED) is 0.175. The van der Waals surface area contributed by atoms with Crippen molar-refractivity contribution in [1.29, 1.82) is 0 Å². The molecule has 0 amide bonds. The van der Waals surface area contributed by atoms with E-state index in [1.54, 1.807) is 0 Å². The Bertz CT molecular complexity index is 2780. The molecule has 4 aliphatic carbocycles. The molecule has 1 unspecified atom stereocenters. The molecule has 0 aliphatic heterocycles. The van der Waals surface area contributed by atoms with Crippen molar-refractivity contribution in [3.05, 3.63) is 196 Å². The SMILES string of the molecule is [2H]C1(c2ccccc2N(c2ccc3c(c2)C(C)(C)c2ccccc2-3)c2ccc3c(c2)C2(c4ccccc4-3)c3ccccc3-c3ccc(C(C)(C)C)cc32)CCCC1. The molecular weight excluding hydrogens is 675 g/mol. The number of benzene rings is 7. The number of rotatable bonds is 4.